The molecule has 4 heteroatoms. The molecular weight excluding hydrogens is 242 g/mol. The monoisotopic (exact) mass is 250 g/mol. The normalized spacial score (nSPS) is 12.6. The van der Waals surface area contributed by atoms with Crippen molar-refractivity contribution in [3.05, 3.63) is 34.3 Å². The van der Waals surface area contributed by atoms with E-state index < -0.39 is 10.6 Å². The molecule has 0 saturated heterocycles. The molecule has 0 fully saturated rings. The van der Waals surface area contributed by atoms with E-state index in [9.17, 15) is 4.79 Å². The lowest BCUT2D eigenvalue weighted by molar-refractivity contribution is -0.111. The van der Waals surface area contributed by atoms with Crippen LogP contribution >= 0.6 is 34.8 Å². The summed E-state index contributed by atoms with van der Waals surface area (Å²) in [4.78, 5) is 10.7. The van der Waals surface area contributed by atoms with Crippen LogP contribution in [0.2, 0.25) is 5.02 Å². The highest BCUT2D eigenvalue weighted by molar-refractivity contribution is 6.69. The maximum absolute atomic E-state index is 10.7. The fourth-order valence-corrected chi connectivity index (χ4v) is 1.63. The first-order chi connectivity index (χ1) is 6.50. The van der Waals surface area contributed by atoms with Crippen LogP contribution in [0.3, 0.4) is 0 Å². The summed E-state index contributed by atoms with van der Waals surface area (Å²) in [5.41, 5.74) is 2.00. The highest BCUT2D eigenvalue weighted by Crippen LogP contribution is 2.18. The molecule has 0 spiro atoms. The Bertz CT molecular complexity index is 349. The number of aryl methyl sites for hydroxylation is 1. The van der Waals surface area contributed by atoms with Crippen LogP contribution in [0.1, 0.15) is 11.1 Å². The maximum Gasteiger partial charge on any atom is 0.239 e. The molecule has 14 heavy (non-hydrogen) atoms. The zero-order chi connectivity index (χ0) is 10.7. The molecule has 1 aromatic carbocycles. The van der Waals surface area contributed by atoms with Crippen LogP contribution in [0.5, 0.6) is 0 Å². The molecule has 0 aromatic heterocycles. The van der Waals surface area contributed by atoms with Gasteiger partial charge in [0.1, 0.15) is 5.38 Å². The van der Waals surface area contributed by atoms with Crippen molar-refractivity contribution >= 4 is 40.0 Å². The number of rotatable bonds is 3. The zero-order valence-electron chi connectivity index (χ0n) is 7.56. The molecule has 0 aliphatic carbocycles. The summed E-state index contributed by atoms with van der Waals surface area (Å²) in [6.45, 7) is 1.92. The van der Waals surface area contributed by atoms with Crippen molar-refractivity contribution in [2.75, 3.05) is 0 Å². The van der Waals surface area contributed by atoms with Gasteiger partial charge < -0.3 is 0 Å². The van der Waals surface area contributed by atoms with Gasteiger partial charge in [0, 0.05) is 5.02 Å². The largest absolute Gasteiger partial charge is 0.280 e. The van der Waals surface area contributed by atoms with Gasteiger partial charge in [-0.25, -0.2) is 0 Å². The zero-order valence-corrected chi connectivity index (χ0v) is 9.83. The van der Waals surface area contributed by atoms with E-state index in [-0.39, 0.29) is 0 Å². The van der Waals surface area contributed by atoms with Gasteiger partial charge in [0.15, 0.2) is 0 Å². The molecule has 0 radical (unpaired) electrons. The number of carbonyl (C=O) groups is 1. The lowest BCUT2D eigenvalue weighted by Gasteiger charge is -2.07. The summed E-state index contributed by atoms with van der Waals surface area (Å²) < 4.78 is 0. The number of carbonyl (C=O) groups excluding carboxylic acids is 1. The highest BCUT2D eigenvalue weighted by atomic mass is 35.5. The van der Waals surface area contributed by atoms with Gasteiger partial charge in [0.05, 0.1) is 0 Å². The van der Waals surface area contributed by atoms with Gasteiger partial charge in [-0.1, -0.05) is 17.7 Å². The minimum Gasteiger partial charge on any atom is -0.280 e. The van der Waals surface area contributed by atoms with Gasteiger partial charge in [-0.05, 0) is 48.2 Å². The Morgan fingerprint density at radius 3 is 2.64 bits per heavy atom. The minimum absolute atomic E-state index is 0.437. The third kappa shape index (κ3) is 3.16. The number of benzene rings is 1. The molecule has 0 amide bonds. The van der Waals surface area contributed by atoms with Gasteiger partial charge in [-0.3, -0.25) is 4.79 Å². The molecule has 0 saturated carbocycles. The maximum atomic E-state index is 10.7. The molecule has 0 heterocycles. The molecule has 1 nitrogen and oxygen atoms in total. The first kappa shape index (κ1) is 11.8. The first-order valence-corrected chi connectivity index (χ1v) is 5.28. The summed E-state index contributed by atoms with van der Waals surface area (Å²) in [5.74, 6) is 0. The molecule has 0 N–H and O–H groups in total. The Hall–Kier alpha value is -0.240. The quantitative estimate of drug-likeness (QED) is 0.593. The molecule has 0 bridgehead atoms. The second-order valence-electron chi connectivity index (χ2n) is 3.05. The Morgan fingerprint density at radius 2 is 2.14 bits per heavy atom. The van der Waals surface area contributed by atoms with Gasteiger partial charge in [-0.15, -0.1) is 11.6 Å². The van der Waals surface area contributed by atoms with E-state index in [1.807, 2.05) is 19.1 Å². The molecular formula is C10H9Cl3O. The van der Waals surface area contributed by atoms with Crippen LogP contribution in [0.25, 0.3) is 0 Å². The smallest absolute Gasteiger partial charge is 0.239 e. The van der Waals surface area contributed by atoms with E-state index in [0.29, 0.717) is 11.4 Å². The van der Waals surface area contributed by atoms with E-state index in [0.717, 1.165) is 11.1 Å². The summed E-state index contributed by atoms with van der Waals surface area (Å²) in [6, 6.07) is 5.46. The predicted molar refractivity (Wildman–Crippen MR) is 60.4 cm³/mol. The molecule has 0 aliphatic heterocycles. The van der Waals surface area contributed by atoms with Crippen LogP contribution in [0.15, 0.2) is 18.2 Å². The van der Waals surface area contributed by atoms with Crippen molar-refractivity contribution in [3.63, 3.8) is 0 Å². The molecule has 0 aliphatic rings. The average molecular weight is 252 g/mol. The lowest BCUT2D eigenvalue weighted by atomic mass is 10.0. The van der Waals surface area contributed by atoms with Crippen LogP contribution in [0.4, 0.5) is 0 Å². The summed E-state index contributed by atoms with van der Waals surface area (Å²) in [7, 11) is 0. The van der Waals surface area contributed by atoms with Crippen LogP contribution < -0.4 is 0 Å². The van der Waals surface area contributed by atoms with Crippen molar-refractivity contribution in [2.45, 2.75) is 18.7 Å². The topological polar surface area (TPSA) is 17.1 Å². The lowest BCUT2D eigenvalue weighted by Crippen LogP contribution is -2.11. The van der Waals surface area contributed by atoms with E-state index in [1.54, 1.807) is 6.07 Å². The number of halogens is 3. The predicted octanol–water partition coefficient (Wildman–Crippen LogP) is 3.56. The van der Waals surface area contributed by atoms with Crippen molar-refractivity contribution in [2.24, 2.45) is 0 Å². The first-order valence-electron chi connectivity index (χ1n) is 4.09. The third-order valence-corrected chi connectivity index (χ3v) is 2.91. The fraction of sp³-hybridized carbons (Fsp3) is 0.300. The standard InChI is InChI=1S/C10H9Cl3O/c1-6-4-8(11)3-2-7(6)5-9(12)10(13)14/h2-4,9H,5H2,1H3. The molecule has 1 rings (SSSR count). The van der Waals surface area contributed by atoms with E-state index >= 15 is 0 Å². The third-order valence-electron chi connectivity index (χ3n) is 1.95. The Balaban J connectivity index is 2.82. The van der Waals surface area contributed by atoms with Gasteiger partial charge in [-0.2, -0.15) is 0 Å². The van der Waals surface area contributed by atoms with E-state index in [2.05, 4.69) is 0 Å². The van der Waals surface area contributed by atoms with E-state index in [4.69, 9.17) is 34.8 Å². The van der Waals surface area contributed by atoms with Crippen molar-refractivity contribution < 1.29 is 4.79 Å². The Morgan fingerprint density at radius 1 is 1.50 bits per heavy atom. The summed E-state index contributed by atoms with van der Waals surface area (Å²) >= 11 is 16.8. The second kappa shape index (κ2) is 5.01. The number of hydrogen-bond donors (Lipinski definition) is 0. The van der Waals surface area contributed by atoms with Crippen molar-refractivity contribution in [3.8, 4) is 0 Å². The summed E-state index contributed by atoms with van der Waals surface area (Å²) in [5, 5.41) is -0.521. The fourth-order valence-electron chi connectivity index (χ4n) is 1.16. The molecule has 1 aromatic rings. The number of hydrogen-bond acceptors (Lipinski definition) is 1. The summed E-state index contributed by atoms with van der Waals surface area (Å²) in [6.07, 6.45) is 0.437. The van der Waals surface area contributed by atoms with Crippen LogP contribution in [-0.2, 0) is 11.2 Å². The highest BCUT2D eigenvalue weighted by Gasteiger charge is 2.14. The Labute approximate surface area is 98.0 Å². The SMILES string of the molecule is Cc1cc(Cl)ccc1CC(Cl)C(=O)Cl. The van der Waals surface area contributed by atoms with Gasteiger partial charge in [0.2, 0.25) is 5.24 Å². The van der Waals surface area contributed by atoms with Crippen molar-refractivity contribution in [1.29, 1.82) is 0 Å². The second-order valence-corrected chi connectivity index (χ2v) is 4.38. The van der Waals surface area contributed by atoms with Crippen LogP contribution in [0, 0.1) is 6.92 Å². The Kier molecular flexibility index (Phi) is 4.24. The van der Waals surface area contributed by atoms with E-state index in [1.165, 1.54) is 0 Å². The minimum atomic E-state index is -0.670. The molecule has 1 atom stereocenters. The number of alkyl halides is 1. The average Bonchev–Trinajstić information content (AvgIpc) is 2.09. The molecule has 76 valence electrons. The molecule has 1 unspecified atom stereocenters. The van der Waals surface area contributed by atoms with Gasteiger partial charge in [0.25, 0.3) is 0 Å². The van der Waals surface area contributed by atoms with Gasteiger partial charge >= 0.3 is 0 Å². The van der Waals surface area contributed by atoms with Crippen LogP contribution in [-0.4, -0.2) is 10.6 Å². The van der Waals surface area contributed by atoms with Crippen molar-refractivity contribution in [1.82, 2.24) is 0 Å².